The van der Waals surface area contributed by atoms with Crippen LogP contribution in [0, 0.1) is 5.92 Å². The monoisotopic (exact) mass is 402 g/mol. The van der Waals surface area contributed by atoms with Gasteiger partial charge in [-0.3, -0.25) is 9.36 Å². The lowest BCUT2D eigenvalue weighted by molar-refractivity contribution is -0.127. The maximum absolute atomic E-state index is 12.4. The van der Waals surface area contributed by atoms with Crippen molar-refractivity contribution in [2.24, 2.45) is 5.92 Å². The highest BCUT2D eigenvalue weighted by Crippen LogP contribution is 2.40. The van der Waals surface area contributed by atoms with Crippen LogP contribution in [0.3, 0.4) is 0 Å². The summed E-state index contributed by atoms with van der Waals surface area (Å²) >= 11 is 1.50. The molecule has 0 bridgehead atoms. The van der Waals surface area contributed by atoms with Crippen molar-refractivity contribution < 1.29 is 9.53 Å². The number of rotatable bonds is 6. The predicted molar refractivity (Wildman–Crippen MR) is 113 cm³/mol. The van der Waals surface area contributed by atoms with E-state index in [1.54, 1.807) is 26.1 Å². The summed E-state index contributed by atoms with van der Waals surface area (Å²) in [7, 11) is 5.24. The Kier molecular flexibility index (Phi) is 6.65. The molecule has 28 heavy (non-hydrogen) atoms. The van der Waals surface area contributed by atoms with Crippen molar-refractivity contribution in [2.45, 2.75) is 56.0 Å². The summed E-state index contributed by atoms with van der Waals surface area (Å²) in [4.78, 5) is 14.0. The van der Waals surface area contributed by atoms with Crippen molar-refractivity contribution in [1.82, 2.24) is 19.7 Å². The Morgan fingerprint density at radius 3 is 2.50 bits per heavy atom. The largest absolute Gasteiger partial charge is 0.497 e. The molecule has 1 fully saturated rings. The molecule has 1 amide bonds. The molecule has 6 nitrogen and oxygen atoms in total. The van der Waals surface area contributed by atoms with Gasteiger partial charge in [0.25, 0.3) is 0 Å². The quantitative estimate of drug-likeness (QED) is 0.675. The number of amides is 1. The topological polar surface area (TPSA) is 60.3 Å². The van der Waals surface area contributed by atoms with Gasteiger partial charge >= 0.3 is 0 Å². The Morgan fingerprint density at radius 1 is 1.21 bits per heavy atom. The standard InChI is InChI=1S/C21H30N4O2S/c1-14-8-6-7-9-18(14)25-19(16-10-12-17(27-5)13-11-16)22-23-21(25)28-15(2)20(26)24(3)4/h10-15,18H,6-9H2,1-5H3/t14-,15-,18+/m0/s1. The summed E-state index contributed by atoms with van der Waals surface area (Å²) in [6.45, 7) is 4.24. The number of carbonyl (C=O) groups excluding carboxylic acids is 1. The van der Waals surface area contributed by atoms with Crippen LogP contribution >= 0.6 is 11.8 Å². The molecule has 3 atom stereocenters. The van der Waals surface area contributed by atoms with Crippen molar-refractivity contribution in [3.63, 3.8) is 0 Å². The first-order chi connectivity index (χ1) is 13.4. The highest BCUT2D eigenvalue weighted by atomic mass is 32.2. The SMILES string of the molecule is COc1ccc(-c2nnc(S[C@@H](C)C(=O)N(C)C)n2[C@@H]2CCCC[C@@H]2C)cc1. The van der Waals surface area contributed by atoms with Crippen LogP contribution in [0.15, 0.2) is 29.4 Å². The third kappa shape index (κ3) is 4.35. The third-order valence-electron chi connectivity index (χ3n) is 5.48. The van der Waals surface area contributed by atoms with Gasteiger partial charge in [0.15, 0.2) is 11.0 Å². The molecule has 0 radical (unpaired) electrons. The van der Waals surface area contributed by atoms with E-state index in [1.807, 2.05) is 31.2 Å². The smallest absolute Gasteiger partial charge is 0.235 e. The fourth-order valence-corrected chi connectivity index (χ4v) is 4.90. The van der Waals surface area contributed by atoms with Crippen LogP contribution in [-0.4, -0.2) is 52.0 Å². The number of methoxy groups -OCH3 is 1. The number of carbonyl (C=O) groups is 1. The average Bonchev–Trinajstić information content (AvgIpc) is 3.10. The lowest BCUT2D eigenvalue weighted by atomic mass is 9.85. The fraction of sp³-hybridized carbons (Fsp3) is 0.571. The first-order valence-electron chi connectivity index (χ1n) is 9.89. The minimum atomic E-state index is -0.208. The number of hydrogen-bond acceptors (Lipinski definition) is 5. The van der Waals surface area contributed by atoms with Crippen LogP contribution in [0.1, 0.15) is 45.6 Å². The van der Waals surface area contributed by atoms with Gasteiger partial charge in [-0.2, -0.15) is 0 Å². The predicted octanol–water partition coefficient (Wildman–Crippen LogP) is 4.27. The van der Waals surface area contributed by atoms with Gasteiger partial charge in [-0.1, -0.05) is 31.5 Å². The van der Waals surface area contributed by atoms with E-state index in [0.29, 0.717) is 12.0 Å². The van der Waals surface area contributed by atoms with Gasteiger partial charge in [0.2, 0.25) is 5.91 Å². The summed E-state index contributed by atoms with van der Waals surface area (Å²) in [6, 6.07) is 8.30. The van der Waals surface area contributed by atoms with E-state index in [4.69, 9.17) is 4.74 Å². The number of benzene rings is 1. The Hall–Kier alpha value is -2.02. The zero-order valence-electron chi connectivity index (χ0n) is 17.4. The highest BCUT2D eigenvalue weighted by Gasteiger charge is 2.30. The van der Waals surface area contributed by atoms with E-state index >= 15 is 0 Å². The second-order valence-corrected chi connectivity index (χ2v) is 9.03. The summed E-state index contributed by atoms with van der Waals surface area (Å²) in [5, 5.41) is 9.65. The van der Waals surface area contributed by atoms with Gasteiger partial charge in [0.05, 0.1) is 12.4 Å². The summed E-state index contributed by atoms with van der Waals surface area (Å²) in [5.41, 5.74) is 1.02. The zero-order valence-corrected chi connectivity index (χ0v) is 18.2. The molecule has 0 unspecified atom stereocenters. The van der Waals surface area contributed by atoms with Crippen molar-refractivity contribution in [2.75, 3.05) is 21.2 Å². The molecule has 2 aromatic rings. The lowest BCUT2D eigenvalue weighted by Crippen LogP contribution is -2.30. The maximum Gasteiger partial charge on any atom is 0.235 e. The van der Waals surface area contributed by atoms with Crippen molar-refractivity contribution in [1.29, 1.82) is 0 Å². The highest BCUT2D eigenvalue weighted by molar-refractivity contribution is 8.00. The zero-order chi connectivity index (χ0) is 20.3. The lowest BCUT2D eigenvalue weighted by Gasteiger charge is -2.32. The fourth-order valence-electron chi connectivity index (χ4n) is 3.85. The number of hydrogen-bond donors (Lipinski definition) is 0. The van der Waals surface area contributed by atoms with Gasteiger partial charge in [0, 0.05) is 25.7 Å². The van der Waals surface area contributed by atoms with Gasteiger partial charge in [0.1, 0.15) is 5.75 Å². The van der Waals surface area contributed by atoms with E-state index in [2.05, 4.69) is 21.7 Å². The number of nitrogens with zero attached hydrogens (tertiary/aromatic N) is 4. The summed E-state index contributed by atoms with van der Waals surface area (Å²) in [6.07, 6.45) is 4.81. The van der Waals surface area contributed by atoms with E-state index in [1.165, 1.54) is 31.0 Å². The molecule has 0 spiro atoms. The van der Waals surface area contributed by atoms with Crippen molar-refractivity contribution >= 4 is 17.7 Å². The normalized spacial score (nSPS) is 20.6. The third-order valence-corrected chi connectivity index (χ3v) is 6.53. The molecular formula is C21H30N4O2S. The molecule has 1 aliphatic rings. The van der Waals surface area contributed by atoms with Crippen LogP contribution in [0.4, 0.5) is 0 Å². The maximum atomic E-state index is 12.4. The molecule has 1 aliphatic carbocycles. The van der Waals surface area contributed by atoms with E-state index in [9.17, 15) is 4.79 Å². The Balaban J connectivity index is 1.99. The Labute approximate surface area is 171 Å². The minimum Gasteiger partial charge on any atom is -0.497 e. The van der Waals surface area contributed by atoms with Crippen LogP contribution in [0.5, 0.6) is 5.75 Å². The molecule has 1 aromatic heterocycles. The molecule has 1 heterocycles. The van der Waals surface area contributed by atoms with Crippen molar-refractivity contribution in [3.05, 3.63) is 24.3 Å². The molecule has 0 saturated heterocycles. The van der Waals surface area contributed by atoms with Crippen LogP contribution in [0.2, 0.25) is 0 Å². The molecular weight excluding hydrogens is 372 g/mol. The van der Waals surface area contributed by atoms with Crippen LogP contribution < -0.4 is 4.74 Å². The molecule has 1 aromatic carbocycles. The molecule has 1 saturated carbocycles. The van der Waals surface area contributed by atoms with Gasteiger partial charge in [-0.25, -0.2) is 0 Å². The van der Waals surface area contributed by atoms with Crippen molar-refractivity contribution in [3.8, 4) is 17.1 Å². The molecule has 3 rings (SSSR count). The molecule has 0 N–H and O–H groups in total. The average molecular weight is 403 g/mol. The summed E-state index contributed by atoms with van der Waals surface area (Å²) in [5.74, 6) is 2.33. The number of aromatic nitrogens is 3. The van der Waals surface area contributed by atoms with Gasteiger partial charge in [-0.05, 0) is 49.9 Å². The van der Waals surface area contributed by atoms with E-state index in [-0.39, 0.29) is 11.2 Å². The van der Waals surface area contributed by atoms with Gasteiger partial charge in [-0.15, -0.1) is 10.2 Å². The first-order valence-corrected chi connectivity index (χ1v) is 10.8. The van der Waals surface area contributed by atoms with Crippen LogP contribution in [0.25, 0.3) is 11.4 Å². The molecule has 7 heteroatoms. The number of thioether (sulfide) groups is 1. The second-order valence-electron chi connectivity index (χ2n) is 7.73. The van der Waals surface area contributed by atoms with E-state index in [0.717, 1.165) is 28.7 Å². The second kappa shape index (κ2) is 8.99. The first kappa shape index (κ1) is 20.7. The Morgan fingerprint density at radius 2 is 1.89 bits per heavy atom. The Bertz CT molecular complexity index is 803. The summed E-state index contributed by atoms with van der Waals surface area (Å²) < 4.78 is 7.56. The minimum absolute atomic E-state index is 0.0854. The molecule has 152 valence electrons. The van der Waals surface area contributed by atoms with Crippen LogP contribution in [-0.2, 0) is 4.79 Å². The molecule has 0 aliphatic heterocycles. The van der Waals surface area contributed by atoms with E-state index < -0.39 is 0 Å². The van der Waals surface area contributed by atoms with Gasteiger partial charge < -0.3 is 9.64 Å². The number of ether oxygens (including phenoxy) is 1.